The number of aromatic amines is 1. The minimum Gasteiger partial charge on any atom is -0.537 e. The van der Waals surface area contributed by atoms with Gasteiger partial charge >= 0.3 is 7.05 Å². The van der Waals surface area contributed by atoms with E-state index in [0.717, 1.165) is 63.9 Å². The predicted molar refractivity (Wildman–Crippen MR) is 220 cm³/mol. The van der Waals surface area contributed by atoms with Gasteiger partial charge in [-0.15, -0.1) is 0 Å². The van der Waals surface area contributed by atoms with Crippen LogP contribution in [0.4, 0.5) is 0 Å². The van der Waals surface area contributed by atoms with Crippen LogP contribution in [0.5, 0.6) is 5.75 Å². The summed E-state index contributed by atoms with van der Waals surface area (Å²) < 4.78 is 6.41. The second-order valence-electron chi connectivity index (χ2n) is 15.4. The molecule has 56 heavy (non-hydrogen) atoms. The number of likely N-dealkylation sites (tertiary alicyclic amines) is 2. The smallest absolute Gasteiger partial charge is 0.519 e. The number of carbonyl (C=O) groups excluding carboxylic acids is 3. The van der Waals surface area contributed by atoms with E-state index in [2.05, 4.69) is 46.6 Å². The Balaban J connectivity index is 0.880. The maximum Gasteiger partial charge on any atom is 0.519 e. The molecule has 0 atom stereocenters. The Labute approximate surface area is 326 Å². The van der Waals surface area contributed by atoms with E-state index < -0.39 is 7.05 Å². The van der Waals surface area contributed by atoms with Crippen molar-refractivity contribution in [2.24, 2.45) is 11.5 Å². The third-order valence-electron chi connectivity index (χ3n) is 12.0. The van der Waals surface area contributed by atoms with Gasteiger partial charge in [0.25, 0.3) is 11.8 Å². The summed E-state index contributed by atoms with van der Waals surface area (Å²) in [6, 6.07) is 33.9. The SMILES string of the molecule is NCc1cccc(C2CCN(C(=O)c3cc4ccc(B5NC(=O)c6cc7c(C(=O)N8CCC(c9cccc(CN)c9)CC8)cccc7cc6O5)cc4[nH]3)CC2)c1. The molecule has 6 N–H and O–H groups in total. The Hall–Kier alpha value is -5.91. The number of nitrogens with two attached hydrogens (primary N) is 2. The lowest BCUT2D eigenvalue weighted by molar-refractivity contribution is 0.0703. The molecule has 2 fully saturated rings. The number of piperidine rings is 2. The van der Waals surface area contributed by atoms with Crippen molar-refractivity contribution in [3.05, 3.63) is 142 Å². The predicted octanol–water partition coefficient (Wildman–Crippen LogP) is 5.80. The van der Waals surface area contributed by atoms with Gasteiger partial charge in [0.2, 0.25) is 5.91 Å². The number of amides is 3. The Morgan fingerprint density at radius 3 is 1.96 bits per heavy atom. The molecule has 3 aliphatic heterocycles. The van der Waals surface area contributed by atoms with Gasteiger partial charge in [0.1, 0.15) is 11.4 Å². The van der Waals surface area contributed by atoms with Gasteiger partial charge in [-0.1, -0.05) is 72.8 Å². The highest BCUT2D eigenvalue weighted by molar-refractivity contribution is 6.69. The summed E-state index contributed by atoms with van der Waals surface area (Å²) in [7, 11) is -0.729. The molecular formula is C45H45BN6O4. The highest BCUT2D eigenvalue weighted by Crippen LogP contribution is 2.34. The van der Waals surface area contributed by atoms with Crippen molar-refractivity contribution in [3.8, 4) is 5.75 Å². The van der Waals surface area contributed by atoms with Crippen molar-refractivity contribution >= 4 is 51.9 Å². The van der Waals surface area contributed by atoms with Crippen molar-refractivity contribution in [3.63, 3.8) is 0 Å². The minimum absolute atomic E-state index is 0.0177. The fourth-order valence-electron chi connectivity index (χ4n) is 8.81. The number of fused-ring (bicyclic) bond motifs is 3. The van der Waals surface area contributed by atoms with E-state index in [1.165, 1.54) is 11.1 Å². The van der Waals surface area contributed by atoms with E-state index in [4.69, 9.17) is 16.1 Å². The zero-order valence-electron chi connectivity index (χ0n) is 31.3. The van der Waals surface area contributed by atoms with E-state index >= 15 is 0 Å². The summed E-state index contributed by atoms with van der Waals surface area (Å²) in [5, 5.41) is 5.46. The average Bonchev–Trinajstić information content (AvgIpc) is 3.69. The van der Waals surface area contributed by atoms with Crippen molar-refractivity contribution < 1.29 is 19.0 Å². The van der Waals surface area contributed by atoms with Crippen LogP contribution in [-0.4, -0.2) is 65.7 Å². The van der Waals surface area contributed by atoms with E-state index in [1.807, 2.05) is 70.5 Å². The van der Waals surface area contributed by atoms with Crippen molar-refractivity contribution in [2.75, 3.05) is 26.2 Å². The first-order valence-corrected chi connectivity index (χ1v) is 19.7. The lowest BCUT2D eigenvalue weighted by Gasteiger charge is -2.33. The second-order valence-corrected chi connectivity index (χ2v) is 15.4. The molecule has 0 radical (unpaired) electrons. The summed E-state index contributed by atoms with van der Waals surface area (Å²) >= 11 is 0. The van der Waals surface area contributed by atoms with Crippen LogP contribution in [0.15, 0.2) is 103 Å². The van der Waals surface area contributed by atoms with Crippen LogP contribution in [0, 0.1) is 0 Å². The van der Waals surface area contributed by atoms with Gasteiger partial charge in [-0.25, -0.2) is 0 Å². The summed E-state index contributed by atoms with van der Waals surface area (Å²) in [6.45, 7) is 3.73. The number of rotatable bonds is 7. The molecule has 0 saturated carbocycles. The molecule has 4 heterocycles. The molecule has 3 aliphatic rings. The molecule has 11 heteroatoms. The number of aromatic nitrogens is 1. The molecule has 6 aromatic rings. The first-order chi connectivity index (χ1) is 27.3. The van der Waals surface area contributed by atoms with Crippen LogP contribution >= 0.6 is 0 Å². The number of benzene rings is 5. The van der Waals surface area contributed by atoms with E-state index in [0.29, 0.717) is 73.7 Å². The lowest BCUT2D eigenvalue weighted by Crippen LogP contribution is -2.55. The largest absolute Gasteiger partial charge is 0.537 e. The highest BCUT2D eigenvalue weighted by Gasteiger charge is 2.34. The third-order valence-corrected chi connectivity index (χ3v) is 12.0. The Kier molecular flexibility index (Phi) is 9.56. The number of hydrogen-bond acceptors (Lipinski definition) is 6. The van der Waals surface area contributed by atoms with Gasteiger partial charge in [-0.3, -0.25) is 14.4 Å². The van der Waals surface area contributed by atoms with E-state index in [1.54, 1.807) is 6.07 Å². The first-order valence-electron chi connectivity index (χ1n) is 19.7. The van der Waals surface area contributed by atoms with Crippen LogP contribution in [0.2, 0.25) is 0 Å². The second kappa shape index (κ2) is 15.0. The van der Waals surface area contributed by atoms with Gasteiger partial charge in [0.05, 0.1) is 5.56 Å². The number of nitrogens with zero attached hydrogens (tertiary/aromatic N) is 2. The molecule has 5 aromatic carbocycles. The molecular weight excluding hydrogens is 699 g/mol. The summed E-state index contributed by atoms with van der Waals surface area (Å²) in [5.41, 5.74) is 19.6. The highest BCUT2D eigenvalue weighted by atomic mass is 16.4. The van der Waals surface area contributed by atoms with Crippen molar-refractivity contribution in [1.82, 2.24) is 20.0 Å². The Morgan fingerprint density at radius 2 is 1.32 bits per heavy atom. The lowest BCUT2D eigenvalue weighted by atomic mass is 9.71. The number of hydrogen-bond donors (Lipinski definition) is 4. The normalized spacial score (nSPS) is 16.5. The number of H-pyrrole nitrogens is 1. The number of carbonyl (C=O) groups is 3. The summed E-state index contributed by atoms with van der Waals surface area (Å²) in [6.07, 6.45) is 3.58. The molecule has 282 valence electrons. The van der Waals surface area contributed by atoms with Crippen molar-refractivity contribution in [1.29, 1.82) is 0 Å². The quantitative estimate of drug-likeness (QED) is 0.152. The van der Waals surface area contributed by atoms with Crippen LogP contribution in [0.3, 0.4) is 0 Å². The zero-order valence-corrected chi connectivity index (χ0v) is 31.3. The Morgan fingerprint density at radius 1 is 0.696 bits per heavy atom. The molecule has 9 rings (SSSR count). The maximum absolute atomic E-state index is 13.9. The fourth-order valence-corrected chi connectivity index (χ4v) is 8.81. The van der Waals surface area contributed by atoms with Crippen LogP contribution in [0.1, 0.15) is 91.0 Å². The standard InChI is InChI=1S/C45H45BN6O4/c47-26-28-4-1-6-32(20-28)30-12-16-51(17-13-30)44(54)37-9-3-8-34-23-42-39(25-38(34)37)43(53)50-46(56-42)36-11-10-35-22-41(49-40(35)24-36)45(55)52-18-14-31(15-19-52)33-7-2-5-29(21-33)27-48/h1-11,20-25,30-31,49H,12-19,26-27,47-48H2,(H,50,53). The van der Waals surface area contributed by atoms with Crippen LogP contribution in [0.25, 0.3) is 21.7 Å². The molecule has 0 unspecified atom stereocenters. The van der Waals surface area contributed by atoms with Crippen LogP contribution < -0.4 is 26.8 Å². The topological polar surface area (TPSA) is 147 Å². The van der Waals surface area contributed by atoms with Gasteiger partial charge in [-0.05, 0) is 106 Å². The van der Waals surface area contributed by atoms with Gasteiger partial charge in [0, 0.05) is 55.7 Å². The molecule has 0 bridgehead atoms. The molecule has 3 amide bonds. The van der Waals surface area contributed by atoms with E-state index in [-0.39, 0.29) is 17.7 Å². The molecule has 0 spiro atoms. The maximum atomic E-state index is 13.9. The Bertz CT molecular complexity index is 2480. The number of nitrogens with one attached hydrogen (secondary N) is 2. The molecule has 0 aliphatic carbocycles. The molecule has 2 saturated heterocycles. The van der Waals surface area contributed by atoms with Crippen LogP contribution in [-0.2, 0) is 13.1 Å². The zero-order chi connectivity index (χ0) is 38.3. The summed E-state index contributed by atoms with van der Waals surface area (Å²) in [5.74, 6) is 0.930. The van der Waals surface area contributed by atoms with Gasteiger partial charge in [0.15, 0.2) is 0 Å². The van der Waals surface area contributed by atoms with Gasteiger partial charge < -0.3 is 36.1 Å². The van der Waals surface area contributed by atoms with Gasteiger partial charge in [-0.2, -0.15) is 0 Å². The fraction of sp³-hybridized carbons (Fsp3) is 0.267. The monoisotopic (exact) mass is 744 g/mol. The van der Waals surface area contributed by atoms with Crippen molar-refractivity contribution in [2.45, 2.75) is 50.6 Å². The summed E-state index contributed by atoms with van der Waals surface area (Å²) in [4.78, 5) is 48.3. The third kappa shape index (κ3) is 6.82. The average molecular weight is 745 g/mol. The first kappa shape index (κ1) is 35.8. The van der Waals surface area contributed by atoms with E-state index in [9.17, 15) is 14.4 Å². The molecule has 1 aromatic heterocycles. The minimum atomic E-state index is -0.729. The molecule has 10 nitrogen and oxygen atoms in total.